The van der Waals surface area contributed by atoms with Crippen molar-refractivity contribution in [1.82, 2.24) is 19.9 Å². The van der Waals surface area contributed by atoms with Crippen LogP contribution in [0, 0.1) is 0 Å². The molecular formula is C16H18N6O2. The minimum absolute atomic E-state index is 0.229. The smallest absolute Gasteiger partial charge is 0.271 e. The molecule has 0 saturated carbocycles. The standard InChI is InChI=1S/C16H18N6O2/c1-17-12-8-14-20-10-3-2-4-11(7-10)24-6-5-18-16(23)13-9-19-15(12)22(13)21-14/h3,7-9,17H,2,4-6H2,1H3,(H,18,23)(H,20,21). The van der Waals surface area contributed by atoms with Crippen molar-refractivity contribution in [2.75, 3.05) is 30.8 Å². The number of rotatable bonds is 1. The lowest BCUT2D eigenvalue weighted by molar-refractivity contribution is 0.0931. The third kappa shape index (κ3) is 2.55. The van der Waals surface area contributed by atoms with Crippen molar-refractivity contribution in [1.29, 1.82) is 0 Å². The van der Waals surface area contributed by atoms with Gasteiger partial charge in [-0.2, -0.15) is 0 Å². The predicted octanol–water partition coefficient (Wildman–Crippen LogP) is 1.50. The normalized spacial score (nSPS) is 17.5. The van der Waals surface area contributed by atoms with Crippen molar-refractivity contribution in [3.8, 4) is 0 Å². The predicted molar refractivity (Wildman–Crippen MR) is 89.8 cm³/mol. The number of allylic oxidation sites excluding steroid dienone is 3. The van der Waals surface area contributed by atoms with E-state index in [0.29, 0.717) is 30.3 Å². The van der Waals surface area contributed by atoms with E-state index in [9.17, 15) is 4.79 Å². The van der Waals surface area contributed by atoms with E-state index in [1.165, 1.54) is 6.20 Å². The first-order chi connectivity index (χ1) is 11.7. The Bertz CT molecular complexity index is 867. The minimum Gasteiger partial charge on any atom is -0.496 e. The van der Waals surface area contributed by atoms with Crippen LogP contribution in [-0.2, 0) is 4.74 Å². The second kappa shape index (κ2) is 5.88. The molecule has 8 nitrogen and oxygen atoms in total. The van der Waals surface area contributed by atoms with Crippen molar-refractivity contribution in [3.63, 3.8) is 0 Å². The maximum Gasteiger partial charge on any atom is 0.271 e. The second-order valence-electron chi connectivity index (χ2n) is 5.61. The highest BCUT2D eigenvalue weighted by molar-refractivity contribution is 5.93. The van der Waals surface area contributed by atoms with Crippen LogP contribution in [0.4, 0.5) is 11.5 Å². The fraction of sp³-hybridized carbons (Fsp3) is 0.312. The zero-order valence-corrected chi connectivity index (χ0v) is 13.3. The van der Waals surface area contributed by atoms with Gasteiger partial charge in [-0.1, -0.05) is 6.08 Å². The monoisotopic (exact) mass is 326 g/mol. The zero-order chi connectivity index (χ0) is 16.5. The average molecular weight is 326 g/mol. The van der Waals surface area contributed by atoms with Gasteiger partial charge < -0.3 is 20.7 Å². The van der Waals surface area contributed by atoms with Gasteiger partial charge in [-0.05, 0) is 12.5 Å². The lowest BCUT2D eigenvalue weighted by Crippen LogP contribution is -2.28. The number of anilines is 2. The molecule has 2 aromatic heterocycles. The summed E-state index contributed by atoms with van der Waals surface area (Å²) in [5.41, 5.74) is 2.72. The molecule has 0 saturated heterocycles. The summed E-state index contributed by atoms with van der Waals surface area (Å²) in [6, 6.07) is 1.87. The molecule has 0 spiro atoms. The van der Waals surface area contributed by atoms with Gasteiger partial charge >= 0.3 is 0 Å². The first-order valence-corrected chi connectivity index (χ1v) is 7.90. The quantitative estimate of drug-likeness (QED) is 0.735. The molecule has 1 aliphatic carbocycles. The number of hydrogen-bond donors (Lipinski definition) is 3. The molecule has 1 amide bonds. The molecule has 0 atom stereocenters. The Kier molecular flexibility index (Phi) is 3.56. The molecule has 124 valence electrons. The Balaban J connectivity index is 1.84. The fourth-order valence-electron chi connectivity index (χ4n) is 2.83. The molecule has 4 bridgehead atoms. The lowest BCUT2D eigenvalue weighted by atomic mass is 10.1. The molecule has 1 aliphatic heterocycles. The summed E-state index contributed by atoms with van der Waals surface area (Å²) in [4.78, 5) is 16.7. The molecule has 2 aromatic rings. The Morgan fingerprint density at radius 1 is 1.42 bits per heavy atom. The van der Waals surface area contributed by atoms with Crippen LogP contribution < -0.4 is 16.0 Å². The van der Waals surface area contributed by atoms with E-state index in [1.807, 2.05) is 19.2 Å². The van der Waals surface area contributed by atoms with Crippen molar-refractivity contribution < 1.29 is 9.53 Å². The zero-order valence-electron chi connectivity index (χ0n) is 13.3. The van der Waals surface area contributed by atoms with E-state index in [4.69, 9.17) is 4.74 Å². The summed E-state index contributed by atoms with van der Waals surface area (Å²) in [6.45, 7) is 0.855. The minimum atomic E-state index is -0.229. The number of carbonyl (C=O) groups is 1. The Hall–Kier alpha value is -3.03. The Morgan fingerprint density at radius 2 is 2.33 bits per heavy atom. The van der Waals surface area contributed by atoms with E-state index in [-0.39, 0.29) is 5.91 Å². The molecule has 3 heterocycles. The molecule has 0 radical (unpaired) electrons. The molecular weight excluding hydrogens is 308 g/mol. The van der Waals surface area contributed by atoms with Crippen LogP contribution in [0.3, 0.4) is 0 Å². The van der Waals surface area contributed by atoms with Gasteiger partial charge in [-0.25, -0.2) is 9.50 Å². The number of nitrogens with zero attached hydrogens (tertiary/aromatic N) is 3. The summed E-state index contributed by atoms with van der Waals surface area (Å²) in [7, 11) is 1.81. The van der Waals surface area contributed by atoms with E-state index >= 15 is 0 Å². The molecule has 24 heavy (non-hydrogen) atoms. The summed E-state index contributed by atoms with van der Waals surface area (Å²) < 4.78 is 7.30. The van der Waals surface area contributed by atoms with Crippen LogP contribution in [0.15, 0.2) is 35.9 Å². The van der Waals surface area contributed by atoms with Crippen LogP contribution in [-0.4, -0.2) is 40.7 Å². The number of aromatic nitrogens is 3. The third-order valence-electron chi connectivity index (χ3n) is 3.99. The van der Waals surface area contributed by atoms with Gasteiger partial charge in [0.15, 0.2) is 17.2 Å². The first kappa shape index (κ1) is 14.6. The second-order valence-corrected chi connectivity index (χ2v) is 5.61. The molecule has 3 N–H and O–H groups in total. The number of imidazole rings is 1. The van der Waals surface area contributed by atoms with E-state index in [2.05, 4.69) is 32.1 Å². The maximum atomic E-state index is 12.4. The van der Waals surface area contributed by atoms with Crippen molar-refractivity contribution in [3.05, 3.63) is 41.6 Å². The highest BCUT2D eigenvalue weighted by Crippen LogP contribution is 2.24. The van der Waals surface area contributed by atoms with Crippen molar-refractivity contribution >= 4 is 23.1 Å². The van der Waals surface area contributed by atoms with Crippen LogP contribution in [0.5, 0.6) is 0 Å². The Morgan fingerprint density at radius 3 is 3.21 bits per heavy atom. The number of fused-ring (bicyclic) bond motifs is 2. The van der Waals surface area contributed by atoms with Crippen LogP contribution in [0.25, 0.3) is 5.65 Å². The first-order valence-electron chi connectivity index (χ1n) is 7.90. The Labute approximate surface area is 138 Å². The average Bonchev–Trinajstić information content (AvgIpc) is 3.01. The molecule has 0 fully saturated rings. The summed E-state index contributed by atoms with van der Waals surface area (Å²) >= 11 is 0. The molecule has 0 aromatic carbocycles. The van der Waals surface area contributed by atoms with E-state index < -0.39 is 0 Å². The largest absolute Gasteiger partial charge is 0.496 e. The van der Waals surface area contributed by atoms with Crippen LogP contribution in [0.2, 0.25) is 0 Å². The van der Waals surface area contributed by atoms with Gasteiger partial charge in [0.2, 0.25) is 0 Å². The van der Waals surface area contributed by atoms with Gasteiger partial charge in [0.1, 0.15) is 6.61 Å². The number of nitrogens with one attached hydrogen (secondary N) is 3. The number of ether oxygens (including phenoxy) is 1. The number of hydrogen-bond acceptors (Lipinski definition) is 6. The van der Waals surface area contributed by atoms with E-state index in [1.54, 1.807) is 4.52 Å². The van der Waals surface area contributed by atoms with Gasteiger partial charge in [0, 0.05) is 25.2 Å². The van der Waals surface area contributed by atoms with Gasteiger partial charge in [0.25, 0.3) is 5.91 Å². The maximum absolute atomic E-state index is 12.4. The molecule has 4 rings (SSSR count). The van der Waals surface area contributed by atoms with E-state index in [0.717, 1.165) is 30.0 Å². The molecule has 0 unspecified atom stereocenters. The van der Waals surface area contributed by atoms with Crippen molar-refractivity contribution in [2.45, 2.75) is 12.8 Å². The van der Waals surface area contributed by atoms with Gasteiger partial charge in [-0.3, -0.25) is 4.79 Å². The molecule has 8 heteroatoms. The fourth-order valence-corrected chi connectivity index (χ4v) is 2.83. The SMILES string of the molecule is CNc1cc2nn3c(cnc13)C(=O)NCCOC1=CC(=CCC1)N2. The number of amides is 1. The summed E-state index contributed by atoms with van der Waals surface area (Å²) in [5.74, 6) is 1.31. The van der Waals surface area contributed by atoms with Crippen LogP contribution in [0.1, 0.15) is 23.3 Å². The van der Waals surface area contributed by atoms with Gasteiger partial charge in [0.05, 0.1) is 24.2 Å². The highest BCUT2D eigenvalue weighted by Gasteiger charge is 2.17. The summed E-state index contributed by atoms with van der Waals surface area (Å²) in [5, 5.41) is 13.7. The van der Waals surface area contributed by atoms with Crippen LogP contribution >= 0.6 is 0 Å². The third-order valence-corrected chi connectivity index (χ3v) is 3.99. The van der Waals surface area contributed by atoms with Gasteiger partial charge in [-0.15, -0.1) is 5.10 Å². The molecule has 2 aliphatic rings. The van der Waals surface area contributed by atoms with Crippen molar-refractivity contribution in [2.24, 2.45) is 0 Å². The summed E-state index contributed by atoms with van der Waals surface area (Å²) in [6.07, 6.45) is 7.37. The topological polar surface area (TPSA) is 92.6 Å². The number of carbonyl (C=O) groups excluding carboxylic acids is 1. The lowest BCUT2D eigenvalue weighted by Gasteiger charge is -2.16. The highest BCUT2D eigenvalue weighted by atomic mass is 16.5.